The minimum absolute atomic E-state index is 0.0921. The van der Waals surface area contributed by atoms with E-state index >= 15 is 0 Å². The third-order valence-corrected chi connectivity index (χ3v) is 7.44. The van der Waals surface area contributed by atoms with Gasteiger partial charge in [-0.05, 0) is 55.4 Å². The normalized spacial score (nSPS) is 16.2. The first-order chi connectivity index (χ1) is 21.0. The fraction of sp³-hybridized carbons (Fsp3) is 0.467. The third kappa shape index (κ3) is 6.68. The summed E-state index contributed by atoms with van der Waals surface area (Å²) >= 11 is 0. The molecule has 218 valence electrons. The van der Waals surface area contributed by atoms with E-state index in [1.54, 1.807) is 17.9 Å². The van der Waals surface area contributed by atoms with E-state index in [9.17, 15) is 4.79 Å². The highest BCUT2D eigenvalue weighted by atomic mass is 16.5. The second-order valence-electron chi connectivity index (χ2n) is 10.6. The molecule has 11 heteroatoms. The summed E-state index contributed by atoms with van der Waals surface area (Å²) in [6.45, 7) is 5.84. The van der Waals surface area contributed by atoms with E-state index in [-0.39, 0.29) is 17.0 Å². The number of imidazole rings is 1. The van der Waals surface area contributed by atoms with Crippen molar-refractivity contribution in [3.63, 3.8) is 0 Å². The van der Waals surface area contributed by atoms with Crippen molar-refractivity contribution in [2.75, 3.05) is 45.6 Å². The number of aromatic nitrogens is 5. The minimum atomic E-state index is -2.51. The first-order valence-electron chi connectivity index (χ1n) is 15.5. The number of nitrogen functional groups attached to an aromatic ring is 1. The van der Waals surface area contributed by atoms with Crippen molar-refractivity contribution < 1.29 is 18.4 Å². The standard InChI is InChI=1S/C30H40N8O3/c1-20(18-38-27-15-22(7-8-25(27)35-30(38)31)19-37-11-9-32-10-12-37)6-5-13-41-28-24(17-33-36(28)3)26-16-23(29(39)40-4)14-21(2)34-26/h7-8,14-17,20,32H,5-6,9-13,18-19H2,1-4H3,(H2,31,35)/i2D3. The molecule has 1 aliphatic heterocycles. The number of carbonyl (C=O) groups excluding carboxylic acids is 1. The van der Waals surface area contributed by atoms with Crippen LogP contribution in [0.5, 0.6) is 5.88 Å². The molecule has 3 N–H and O–H groups in total. The smallest absolute Gasteiger partial charge is 0.337 e. The van der Waals surface area contributed by atoms with E-state index in [1.165, 1.54) is 24.8 Å². The number of hydrogen-bond acceptors (Lipinski definition) is 9. The molecule has 5 rings (SSSR count). The van der Waals surface area contributed by atoms with Crippen molar-refractivity contribution in [2.45, 2.75) is 39.7 Å². The molecule has 0 saturated carbocycles. The number of benzene rings is 1. The molecule has 1 fully saturated rings. The second-order valence-corrected chi connectivity index (χ2v) is 10.6. The molecule has 0 radical (unpaired) electrons. The fourth-order valence-electron chi connectivity index (χ4n) is 5.29. The van der Waals surface area contributed by atoms with Crippen LogP contribution in [0.1, 0.15) is 45.5 Å². The number of piperazine rings is 1. The molecule has 1 unspecified atom stereocenters. The Bertz CT molecular complexity index is 1610. The number of methoxy groups -OCH3 is 1. The Kier molecular flexibility index (Phi) is 7.68. The number of anilines is 1. The predicted octanol–water partition coefficient (Wildman–Crippen LogP) is 3.41. The van der Waals surface area contributed by atoms with E-state index in [0.717, 1.165) is 63.1 Å². The number of rotatable bonds is 11. The number of aryl methyl sites for hydroxylation is 2. The number of nitrogens with one attached hydrogen (secondary N) is 1. The van der Waals surface area contributed by atoms with Gasteiger partial charge in [0, 0.05) is 56.1 Å². The van der Waals surface area contributed by atoms with Crippen molar-refractivity contribution >= 4 is 23.0 Å². The number of esters is 1. The van der Waals surface area contributed by atoms with Gasteiger partial charge in [0.15, 0.2) is 0 Å². The van der Waals surface area contributed by atoms with Crippen molar-refractivity contribution in [3.05, 3.63) is 53.3 Å². The summed E-state index contributed by atoms with van der Waals surface area (Å²) in [6, 6.07) is 9.12. The zero-order chi connectivity index (χ0) is 31.4. The van der Waals surface area contributed by atoms with Gasteiger partial charge in [-0.3, -0.25) is 9.88 Å². The highest BCUT2D eigenvalue weighted by Crippen LogP contribution is 2.30. The number of ether oxygens (including phenoxy) is 2. The van der Waals surface area contributed by atoms with Crippen LogP contribution in [0.2, 0.25) is 0 Å². The SMILES string of the molecule is [2H]C([2H])([2H])c1cc(C(=O)OC)cc(-c2cnn(C)c2OCCCC(C)Cn2c(N)nc3ccc(CN4CCNCC4)cc32)n1. The Hall–Kier alpha value is -3.96. The Labute approximate surface area is 244 Å². The number of nitrogens with zero attached hydrogens (tertiary/aromatic N) is 6. The molecule has 0 bridgehead atoms. The Morgan fingerprint density at radius 1 is 1.22 bits per heavy atom. The van der Waals surface area contributed by atoms with Gasteiger partial charge >= 0.3 is 5.97 Å². The molecule has 11 nitrogen and oxygen atoms in total. The summed E-state index contributed by atoms with van der Waals surface area (Å²) < 4.78 is 38.0. The average Bonchev–Trinajstić information content (AvgIpc) is 3.52. The molecule has 4 aromatic rings. The van der Waals surface area contributed by atoms with Gasteiger partial charge < -0.3 is 25.1 Å². The third-order valence-electron chi connectivity index (χ3n) is 7.44. The van der Waals surface area contributed by atoms with Gasteiger partial charge in [-0.25, -0.2) is 14.5 Å². The number of fused-ring (bicyclic) bond motifs is 1. The van der Waals surface area contributed by atoms with Crippen molar-refractivity contribution in [2.24, 2.45) is 13.0 Å². The Morgan fingerprint density at radius 2 is 2.05 bits per heavy atom. The molecule has 1 saturated heterocycles. The summed E-state index contributed by atoms with van der Waals surface area (Å²) in [6.07, 6.45) is 3.20. The van der Waals surface area contributed by atoms with Crippen LogP contribution in [0, 0.1) is 12.8 Å². The van der Waals surface area contributed by atoms with Crippen LogP contribution in [0.15, 0.2) is 36.5 Å². The summed E-state index contributed by atoms with van der Waals surface area (Å²) in [5, 5.41) is 7.69. The molecule has 3 aromatic heterocycles. The fourth-order valence-corrected chi connectivity index (χ4v) is 5.29. The summed E-state index contributed by atoms with van der Waals surface area (Å²) in [4.78, 5) is 23.6. The van der Waals surface area contributed by atoms with E-state index in [1.807, 2.05) is 0 Å². The first kappa shape index (κ1) is 24.8. The Morgan fingerprint density at radius 3 is 2.83 bits per heavy atom. The molecule has 1 aromatic carbocycles. The van der Waals surface area contributed by atoms with Gasteiger partial charge in [-0.2, -0.15) is 5.10 Å². The zero-order valence-electron chi connectivity index (χ0n) is 26.9. The summed E-state index contributed by atoms with van der Waals surface area (Å²) in [5.41, 5.74) is 10.2. The highest BCUT2D eigenvalue weighted by Gasteiger charge is 2.18. The lowest BCUT2D eigenvalue weighted by atomic mass is 10.1. The predicted molar refractivity (Wildman–Crippen MR) is 159 cm³/mol. The lowest BCUT2D eigenvalue weighted by molar-refractivity contribution is 0.0600. The molecule has 0 aliphatic carbocycles. The van der Waals surface area contributed by atoms with Crippen LogP contribution >= 0.6 is 0 Å². The molecule has 41 heavy (non-hydrogen) atoms. The molecular weight excluding hydrogens is 520 g/mol. The number of nitrogens with two attached hydrogens (primary N) is 1. The monoisotopic (exact) mass is 563 g/mol. The summed E-state index contributed by atoms with van der Waals surface area (Å²) in [5.74, 6) is 0.605. The molecule has 1 aliphatic rings. The van der Waals surface area contributed by atoms with Crippen LogP contribution in [-0.2, 0) is 24.9 Å². The van der Waals surface area contributed by atoms with Gasteiger partial charge in [0.05, 0.1) is 47.8 Å². The van der Waals surface area contributed by atoms with Crippen LogP contribution in [0.3, 0.4) is 0 Å². The average molecular weight is 564 g/mol. The molecule has 0 amide bonds. The van der Waals surface area contributed by atoms with Crippen LogP contribution < -0.4 is 15.8 Å². The van der Waals surface area contributed by atoms with Gasteiger partial charge in [0.2, 0.25) is 11.8 Å². The van der Waals surface area contributed by atoms with Crippen molar-refractivity contribution in [1.82, 2.24) is 34.5 Å². The van der Waals surface area contributed by atoms with E-state index < -0.39 is 12.8 Å². The van der Waals surface area contributed by atoms with Gasteiger partial charge in [0.1, 0.15) is 0 Å². The first-order valence-corrected chi connectivity index (χ1v) is 14.0. The lowest BCUT2D eigenvalue weighted by Crippen LogP contribution is -2.42. The van der Waals surface area contributed by atoms with E-state index in [4.69, 9.17) is 19.3 Å². The second kappa shape index (κ2) is 12.7. The topological polar surface area (TPSA) is 125 Å². The molecule has 1 atom stereocenters. The van der Waals surface area contributed by atoms with Crippen LogP contribution in [-0.4, -0.2) is 75.1 Å². The van der Waals surface area contributed by atoms with Crippen molar-refractivity contribution in [3.8, 4) is 17.1 Å². The maximum atomic E-state index is 12.2. The largest absolute Gasteiger partial charge is 0.477 e. The summed E-state index contributed by atoms with van der Waals surface area (Å²) in [7, 11) is 2.98. The van der Waals surface area contributed by atoms with Crippen LogP contribution in [0.4, 0.5) is 5.95 Å². The maximum absolute atomic E-state index is 12.2. The lowest BCUT2D eigenvalue weighted by Gasteiger charge is -2.27. The number of carbonyl (C=O) groups is 1. The minimum Gasteiger partial charge on any atom is -0.477 e. The van der Waals surface area contributed by atoms with E-state index in [0.29, 0.717) is 29.9 Å². The number of pyridine rings is 1. The maximum Gasteiger partial charge on any atom is 0.337 e. The van der Waals surface area contributed by atoms with Gasteiger partial charge in [-0.1, -0.05) is 13.0 Å². The van der Waals surface area contributed by atoms with Crippen molar-refractivity contribution in [1.29, 1.82) is 0 Å². The molecular formula is C30H40N8O3. The van der Waals surface area contributed by atoms with Gasteiger partial charge in [0.25, 0.3) is 0 Å². The van der Waals surface area contributed by atoms with Gasteiger partial charge in [-0.15, -0.1) is 0 Å². The highest BCUT2D eigenvalue weighted by molar-refractivity contribution is 5.90. The van der Waals surface area contributed by atoms with Crippen LogP contribution in [0.25, 0.3) is 22.3 Å². The molecule has 4 heterocycles. The van der Waals surface area contributed by atoms with E-state index in [2.05, 4.69) is 55.0 Å². The quantitative estimate of drug-likeness (QED) is 0.209. The number of hydrogen-bond donors (Lipinski definition) is 2. The Balaban J connectivity index is 1.23. The molecule has 0 spiro atoms. The zero-order valence-corrected chi connectivity index (χ0v) is 23.9.